The molecule has 1 aliphatic rings. The molecule has 1 aliphatic heterocycles. The second-order valence-corrected chi connectivity index (χ2v) is 6.71. The molecule has 2 unspecified atom stereocenters. The Kier molecular flexibility index (Phi) is 5.20. The summed E-state index contributed by atoms with van der Waals surface area (Å²) in [6.45, 7) is 0.428. The topological polar surface area (TPSA) is 41.5 Å². The predicted octanol–water partition coefficient (Wildman–Crippen LogP) is 3.69. The molecule has 2 aromatic rings. The Morgan fingerprint density at radius 2 is 2.09 bits per heavy atom. The summed E-state index contributed by atoms with van der Waals surface area (Å²) in [6, 6.07) is 12.4. The van der Waals surface area contributed by atoms with Crippen LogP contribution in [0.2, 0.25) is 0 Å². The van der Waals surface area contributed by atoms with E-state index in [1.165, 1.54) is 6.07 Å². The Morgan fingerprint density at radius 3 is 2.83 bits per heavy atom. The highest BCUT2D eigenvalue weighted by atomic mass is 32.2. The fourth-order valence-electron chi connectivity index (χ4n) is 2.78. The van der Waals surface area contributed by atoms with Gasteiger partial charge in [0.1, 0.15) is 11.6 Å². The zero-order valence-electron chi connectivity index (χ0n) is 13.0. The third-order valence-electron chi connectivity index (χ3n) is 4.07. The van der Waals surface area contributed by atoms with E-state index in [-0.39, 0.29) is 11.9 Å². The summed E-state index contributed by atoms with van der Waals surface area (Å²) < 4.78 is 18.6. The van der Waals surface area contributed by atoms with E-state index in [4.69, 9.17) is 4.74 Å². The summed E-state index contributed by atoms with van der Waals surface area (Å²) in [4.78, 5) is 1.12. The van der Waals surface area contributed by atoms with Crippen LogP contribution >= 0.6 is 11.8 Å². The number of halogens is 1. The maximum Gasteiger partial charge on any atom is 0.123 e. The van der Waals surface area contributed by atoms with Crippen molar-refractivity contribution in [2.24, 2.45) is 0 Å². The van der Waals surface area contributed by atoms with Crippen LogP contribution in [0.4, 0.5) is 4.39 Å². The summed E-state index contributed by atoms with van der Waals surface area (Å²) >= 11 is 1.75. The molecule has 0 spiro atoms. The van der Waals surface area contributed by atoms with Crippen LogP contribution in [0.25, 0.3) is 0 Å². The van der Waals surface area contributed by atoms with Crippen LogP contribution in [0.1, 0.15) is 29.7 Å². The lowest BCUT2D eigenvalue weighted by molar-refractivity contribution is 0.169. The van der Waals surface area contributed by atoms with E-state index < -0.39 is 6.10 Å². The Hall–Kier alpha value is -1.56. The number of rotatable bonds is 5. The molecule has 2 N–H and O–H groups in total. The van der Waals surface area contributed by atoms with Crippen molar-refractivity contribution in [1.29, 1.82) is 0 Å². The van der Waals surface area contributed by atoms with Crippen LogP contribution in [0.5, 0.6) is 5.75 Å². The summed E-state index contributed by atoms with van der Waals surface area (Å²) in [5.74, 6) is 1.55. The van der Waals surface area contributed by atoms with Gasteiger partial charge in [0.2, 0.25) is 0 Å². The van der Waals surface area contributed by atoms with Crippen molar-refractivity contribution in [3.63, 3.8) is 0 Å². The van der Waals surface area contributed by atoms with Gasteiger partial charge in [-0.05, 0) is 53.6 Å². The molecule has 2 atom stereocenters. The van der Waals surface area contributed by atoms with Gasteiger partial charge in [0.15, 0.2) is 0 Å². The van der Waals surface area contributed by atoms with Crippen molar-refractivity contribution in [2.45, 2.75) is 23.5 Å². The Morgan fingerprint density at radius 1 is 1.30 bits per heavy atom. The van der Waals surface area contributed by atoms with Gasteiger partial charge in [0.05, 0.1) is 13.2 Å². The summed E-state index contributed by atoms with van der Waals surface area (Å²) in [7, 11) is 1.62. The van der Waals surface area contributed by atoms with Crippen LogP contribution in [-0.2, 0) is 0 Å². The minimum Gasteiger partial charge on any atom is -0.497 e. The summed E-state index contributed by atoms with van der Waals surface area (Å²) in [6.07, 6.45) is 0.323. The summed E-state index contributed by atoms with van der Waals surface area (Å²) in [5.41, 5.74) is 1.83. The highest BCUT2D eigenvalue weighted by molar-refractivity contribution is 7.99. The number of thioether (sulfide) groups is 1. The van der Waals surface area contributed by atoms with Crippen LogP contribution in [0.3, 0.4) is 0 Å². The van der Waals surface area contributed by atoms with Gasteiger partial charge >= 0.3 is 0 Å². The van der Waals surface area contributed by atoms with Crippen LogP contribution in [0.15, 0.2) is 47.4 Å². The molecule has 0 saturated carbocycles. The Balaban J connectivity index is 1.65. The molecule has 122 valence electrons. The van der Waals surface area contributed by atoms with Crippen molar-refractivity contribution < 1.29 is 14.2 Å². The third-order valence-corrected chi connectivity index (χ3v) is 5.19. The van der Waals surface area contributed by atoms with E-state index in [1.54, 1.807) is 24.9 Å². The molecule has 0 bridgehead atoms. The molecular formula is C18H20FNO2S. The van der Waals surface area contributed by atoms with Crippen molar-refractivity contribution >= 4 is 11.8 Å². The minimum atomic E-state index is -0.604. The van der Waals surface area contributed by atoms with E-state index >= 15 is 0 Å². The molecule has 3 rings (SSSR count). The quantitative estimate of drug-likeness (QED) is 0.875. The average molecular weight is 333 g/mol. The van der Waals surface area contributed by atoms with Gasteiger partial charge in [-0.3, -0.25) is 0 Å². The molecule has 5 heteroatoms. The van der Waals surface area contributed by atoms with E-state index in [9.17, 15) is 9.50 Å². The molecule has 0 radical (unpaired) electrons. The van der Waals surface area contributed by atoms with E-state index in [0.717, 1.165) is 33.9 Å². The molecule has 1 heterocycles. The smallest absolute Gasteiger partial charge is 0.123 e. The van der Waals surface area contributed by atoms with Crippen molar-refractivity contribution in [3.8, 4) is 5.75 Å². The van der Waals surface area contributed by atoms with Crippen LogP contribution in [0, 0.1) is 5.82 Å². The maximum atomic E-state index is 13.5. The van der Waals surface area contributed by atoms with Gasteiger partial charge in [-0.1, -0.05) is 12.1 Å². The van der Waals surface area contributed by atoms with Gasteiger partial charge in [0, 0.05) is 17.5 Å². The van der Waals surface area contributed by atoms with Gasteiger partial charge < -0.3 is 15.2 Å². The lowest BCUT2D eigenvalue weighted by Crippen LogP contribution is -2.28. The van der Waals surface area contributed by atoms with E-state index in [1.807, 2.05) is 30.3 Å². The Labute approximate surface area is 139 Å². The highest BCUT2D eigenvalue weighted by Crippen LogP contribution is 2.36. The zero-order chi connectivity index (χ0) is 16.2. The van der Waals surface area contributed by atoms with Crippen molar-refractivity contribution in [3.05, 3.63) is 59.4 Å². The first-order chi connectivity index (χ1) is 11.2. The first-order valence-electron chi connectivity index (χ1n) is 7.65. The number of ether oxygens (including phenoxy) is 1. The SMILES string of the molecule is COc1ccc(C(O)CNC2CCSc3ccc(F)cc32)cc1. The van der Waals surface area contributed by atoms with Gasteiger partial charge in [0.25, 0.3) is 0 Å². The number of fused-ring (bicyclic) bond motifs is 1. The van der Waals surface area contributed by atoms with Gasteiger partial charge in [-0.2, -0.15) is 0 Å². The fraction of sp³-hybridized carbons (Fsp3) is 0.333. The number of methoxy groups -OCH3 is 1. The first-order valence-corrected chi connectivity index (χ1v) is 8.63. The Bertz CT molecular complexity index is 663. The number of nitrogens with one attached hydrogen (secondary N) is 1. The lowest BCUT2D eigenvalue weighted by atomic mass is 10.0. The number of hydrogen-bond donors (Lipinski definition) is 2. The molecule has 23 heavy (non-hydrogen) atoms. The zero-order valence-corrected chi connectivity index (χ0v) is 13.8. The molecule has 2 aromatic carbocycles. The molecule has 0 fully saturated rings. The van der Waals surface area contributed by atoms with E-state index in [2.05, 4.69) is 5.32 Å². The van der Waals surface area contributed by atoms with Crippen molar-refractivity contribution in [2.75, 3.05) is 19.4 Å². The second kappa shape index (κ2) is 7.34. The molecule has 0 saturated heterocycles. The minimum absolute atomic E-state index is 0.0786. The average Bonchev–Trinajstić information content (AvgIpc) is 2.59. The summed E-state index contributed by atoms with van der Waals surface area (Å²) in [5, 5.41) is 13.7. The first kappa shape index (κ1) is 16.3. The number of aliphatic hydroxyl groups is 1. The predicted molar refractivity (Wildman–Crippen MR) is 90.4 cm³/mol. The molecule has 3 nitrogen and oxygen atoms in total. The van der Waals surface area contributed by atoms with Gasteiger partial charge in [-0.25, -0.2) is 4.39 Å². The third kappa shape index (κ3) is 3.86. The highest BCUT2D eigenvalue weighted by Gasteiger charge is 2.22. The molecule has 0 aromatic heterocycles. The molecular weight excluding hydrogens is 313 g/mol. The number of aliphatic hydroxyl groups excluding tert-OH is 1. The van der Waals surface area contributed by atoms with E-state index in [0.29, 0.717) is 6.54 Å². The monoisotopic (exact) mass is 333 g/mol. The maximum absolute atomic E-state index is 13.5. The van der Waals surface area contributed by atoms with Crippen LogP contribution in [-0.4, -0.2) is 24.5 Å². The number of hydrogen-bond acceptors (Lipinski definition) is 4. The molecule has 0 aliphatic carbocycles. The second-order valence-electron chi connectivity index (χ2n) is 5.57. The largest absolute Gasteiger partial charge is 0.497 e. The van der Waals surface area contributed by atoms with Gasteiger partial charge in [-0.15, -0.1) is 11.8 Å². The normalized spacial score (nSPS) is 18.3. The van der Waals surface area contributed by atoms with Crippen molar-refractivity contribution in [1.82, 2.24) is 5.32 Å². The van der Waals surface area contributed by atoms with Crippen LogP contribution < -0.4 is 10.1 Å². The molecule has 0 amide bonds. The fourth-order valence-corrected chi connectivity index (χ4v) is 3.88. The number of benzene rings is 2. The standard InChI is InChI=1S/C18H20FNO2S/c1-22-14-5-2-12(3-6-14)17(21)11-20-16-8-9-23-18-7-4-13(19)10-15(16)18/h2-7,10,16-17,20-21H,8-9,11H2,1H3. The lowest BCUT2D eigenvalue weighted by Gasteiger charge is -2.27.